The van der Waals surface area contributed by atoms with Crippen molar-refractivity contribution in [2.24, 2.45) is 5.73 Å². The third-order valence-electron chi connectivity index (χ3n) is 5.00. The lowest BCUT2D eigenvalue weighted by Gasteiger charge is -2.14. The van der Waals surface area contributed by atoms with Crippen LogP contribution in [0.25, 0.3) is 28.2 Å². The molecule has 0 unspecified atom stereocenters. The van der Waals surface area contributed by atoms with Gasteiger partial charge in [0.25, 0.3) is 5.91 Å². The predicted octanol–water partition coefficient (Wildman–Crippen LogP) is 1.91. The molecule has 170 valence electrons. The first-order valence-electron chi connectivity index (χ1n) is 9.69. The Balaban J connectivity index is 2.04. The highest BCUT2D eigenvalue weighted by molar-refractivity contribution is 6.02. The van der Waals surface area contributed by atoms with E-state index in [1.165, 1.54) is 33.0 Å². The number of aromatic nitrogens is 4. The summed E-state index contributed by atoms with van der Waals surface area (Å²) in [5.41, 5.74) is 6.15. The first-order valence-corrected chi connectivity index (χ1v) is 9.69. The first kappa shape index (κ1) is 21.7. The molecule has 0 aliphatic rings. The highest BCUT2D eigenvalue weighted by Crippen LogP contribution is 2.40. The second-order valence-corrected chi connectivity index (χ2v) is 6.84. The van der Waals surface area contributed by atoms with Gasteiger partial charge < -0.3 is 29.7 Å². The molecule has 3 N–H and O–H groups in total. The normalized spacial score (nSPS) is 10.8. The number of methoxy groups -OCH3 is 4. The van der Waals surface area contributed by atoms with E-state index in [0.717, 1.165) is 0 Å². The Morgan fingerprint density at radius 2 is 1.67 bits per heavy atom. The van der Waals surface area contributed by atoms with E-state index < -0.39 is 11.6 Å². The van der Waals surface area contributed by atoms with E-state index in [4.69, 9.17) is 24.7 Å². The number of imidazole rings is 1. The second kappa shape index (κ2) is 8.54. The maximum atomic E-state index is 12.8. The van der Waals surface area contributed by atoms with Gasteiger partial charge in [-0.3, -0.25) is 4.79 Å². The van der Waals surface area contributed by atoms with Crippen LogP contribution in [-0.2, 0) is 0 Å². The van der Waals surface area contributed by atoms with Crippen molar-refractivity contribution in [2.45, 2.75) is 0 Å². The molecule has 0 aliphatic heterocycles. The Hall–Kier alpha value is -4.54. The van der Waals surface area contributed by atoms with E-state index in [1.807, 2.05) is 0 Å². The van der Waals surface area contributed by atoms with Crippen LogP contribution in [0.15, 0.2) is 41.2 Å². The Morgan fingerprint density at radius 1 is 0.970 bits per heavy atom. The number of aromatic amines is 1. The standard InChI is InChI=1S/C22H21N5O6/c1-30-13-7-5-6-12(10-13)27-21-17(25-22(27)29)16(19(23)28)24-20(26-21)11-8-14(31-2)18(33-4)15(9-11)32-3/h5-10H,1-4H3,(H2,23,28)(H,25,29). The molecular weight excluding hydrogens is 430 g/mol. The number of ether oxygens (including phenoxy) is 4. The predicted molar refractivity (Wildman–Crippen MR) is 120 cm³/mol. The number of hydrogen-bond acceptors (Lipinski definition) is 8. The molecule has 0 fully saturated rings. The number of hydrogen-bond donors (Lipinski definition) is 2. The summed E-state index contributed by atoms with van der Waals surface area (Å²) in [4.78, 5) is 36.6. The van der Waals surface area contributed by atoms with Crippen molar-refractivity contribution in [1.29, 1.82) is 0 Å². The fourth-order valence-corrected chi connectivity index (χ4v) is 3.49. The fraction of sp³-hybridized carbons (Fsp3) is 0.182. The number of nitrogens with one attached hydrogen (secondary N) is 1. The summed E-state index contributed by atoms with van der Waals surface area (Å²) >= 11 is 0. The lowest BCUT2D eigenvalue weighted by atomic mass is 10.1. The van der Waals surface area contributed by atoms with Crippen LogP contribution < -0.4 is 30.4 Å². The molecule has 4 rings (SSSR count). The number of nitrogens with zero attached hydrogens (tertiary/aromatic N) is 3. The zero-order chi connectivity index (χ0) is 23.7. The van der Waals surface area contributed by atoms with Crippen LogP contribution in [0.1, 0.15) is 10.5 Å². The van der Waals surface area contributed by atoms with Gasteiger partial charge in [0.05, 0.1) is 34.1 Å². The van der Waals surface area contributed by atoms with E-state index in [9.17, 15) is 9.59 Å². The Labute approximate surface area is 187 Å². The minimum Gasteiger partial charge on any atom is -0.497 e. The molecule has 1 amide bonds. The van der Waals surface area contributed by atoms with E-state index in [1.54, 1.807) is 36.4 Å². The zero-order valence-electron chi connectivity index (χ0n) is 18.3. The van der Waals surface area contributed by atoms with E-state index in [-0.39, 0.29) is 22.7 Å². The number of nitrogens with two attached hydrogens (primary N) is 1. The Bertz CT molecular complexity index is 1400. The smallest absolute Gasteiger partial charge is 0.332 e. The maximum Gasteiger partial charge on any atom is 0.332 e. The molecule has 0 radical (unpaired) electrons. The van der Waals surface area contributed by atoms with E-state index in [2.05, 4.69) is 15.0 Å². The lowest BCUT2D eigenvalue weighted by molar-refractivity contribution is 0.0997. The summed E-state index contributed by atoms with van der Waals surface area (Å²) in [5, 5.41) is 0. The van der Waals surface area contributed by atoms with Gasteiger partial charge in [-0.25, -0.2) is 19.3 Å². The van der Waals surface area contributed by atoms with Crippen molar-refractivity contribution in [3.63, 3.8) is 0 Å². The lowest BCUT2D eigenvalue weighted by Crippen LogP contribution is -2.15. The fourth-order valence-electron chi connectivity index (χ4n) is 3.49. The van der Waals surface area contributed by atoms with Crippen LogP contribution in [0.3, 0.4) is 0 Å². The van der Waals surface area contributed by atoms with Gasteiger partial charge in [0, 0.05) is 11.6 Å². The van der Waals surface area contributed by atoms with Crippen LogP contribution in [-0.4, -0.2) is 53.9 Å². The first-order chi connectivity index (χ1) is 15.9. The SMILES string of the molecule is COc1cccc(-n2c(=O)[nH]c3c(C(N)=O)nc(-c4cc(OC)c(OC)c(OC)c4)nc32)c1. The molecule has 33 heavy (non-hydrogen) atoms. The van der Waals surface area contributed by atoms with Gasteiger partial charge >= 0.3 is 5.69 Å². The van der Waals surface area contributed by atoms with Crippen molar-refractivity contribution in [1.82, 2.24) is 19.5 Å². The molecule has 11 heteroatoms. The van der Waals surface area contributed by atoms with Crippen LogP contribution in [0.5, 0.6) is 23.0 Å². The molecular formula is C22H21N5O6. The topological polar surface area (TPSA) is 144 Å². The largest absolute Gasteiger partial charge is 0.497 e. The Kier molecular flexibility index (Phi) is 5.61. The van der Waals surface area contributed by atoms with Crippen LogP contribution in [0, 0.1) is 0 Å². The quantitative estimate of drug-likeness (QED) is 0.434. The number of H-pyrrole nitrogens is 1. The number of carbonyl (C=O) groups excluding carboxylic acids is 1. The summed E-state index contributed by atoms with van der Waals surface area (Å²) in [6, 6.07) is 10.1. The van der Waals surface area contributed by atoms with Gasteiger partial charge in [-0.1, -0.05) is 6.07 Å². The number of carbonyl (C=O) groups is 1. The van der Waals surface area contributed by atoms with Crippen molar-refractivity contribution in [3.8, 4) is 40.1 Å². The van der Waals surface area contributed by atoms with E-state index in [0.29, 0.717) is 34.2 Å². The molecule has 4 aromatic rings. The number of benzene rings is 2. The van der Waals surface area contributed by atoms with Crippen molar-refractivity contribution >= 4 is 17.1 Å². The molecule has 0 saturated carbocycles. The molecule has 0 atom stereocenters. The summed E-state index contributed by atoms with van der Waals surface area (Å²) in [5.74, 6) is 0.977. The van der Waals surface area contributed by atoms with Crippen LogP contribution in [0.2, 0.25) is 0 Å². The van der Waals surface area contributed by atoms with Crippen molar-refractivity contribution < 1.29 is 23.7 Å². The minimum absolute atomic E-state index is 0.117. The molecule has 0 spiro atoms. The highest BCUT2D eigenvalue weighted by atomic mass is 16.5. The minimum atomic E-state index is -0.824. The molecule has 0 saturated heterocycles. The maximum absolute atomic E-state index is 12.8. The summed E-state index contributed by atoms with van der Waals surface area (Å²) in [7, 11) is 5.96. The van der Waals surface area contributed by atoms with Gasteiger partial charge in [0.15, 0.2) is 28.7 Å². The van der Waals surface area contributed by atoms with Crippen molar-refractivity contribution in [2.75, 3.05) is 28.4 Å². The third-order valence-corrected chi connectivity index (χ3v) is 5.00. The average molecular weight is 451 g/mol. The summed E-state index contributed by atoms with van der Waals surface area (Å²) < 4.78 is 22.7. The molecule has 0 bridgehead atoms. The van der Waals surface area contributed by atoms with Crippen LogP contribution in [0.4, 0.5) is 0 Å². The van der Waals surface area contributed by atoms with Crippen LogP contribution >= 0.6 is 0 Å². The van der Waals surface area contributed by atoms with Gasteiger partial charge in [0.2, 0.25) is 5.75 Å². The van der Waals surface area contributed by atoms with Gasteiger partial charge in [-0.2, -0.15) is 0 Å². The number of primary amides is 1. The zero-order valence-corrected chi connectivity index (χ0v) is 18.3. The van der Waals surface area contributed by atoms with Gasteiger partial charge in [0.1, 0.15) is 11.3 Å². The number of fused-ring (bicyclic) bond motifs is 1. The summed E-state index contributed by atoms with van der Waals surface area (Å²) in [6.07, 6.45) is 0. The van der Waals surface area contributed by atoms with E-state index >= 15 is 0 Å². The average Bonchev–Trinajstić information content (AvgIpc) is 3.17. The highest BCUT2D eigenvalue weighted by Gasteiger charge is 2.22. The van der Waals surface area contributed by atoms with Gasteiger partial charge in [-0.05, 0) is 24.3 Å². The number of amides is 1. The van der Waals surface area contributed by atoms with Crippen molar-refractivity contribution in [3.05, 3.63) is 52.6 Å². The summed E-state index contributed by atoms with van der Waals surface area (Å²) in [6.45, 7) is 0. The monoisotopic (exact) mass is 451 g/mol. The molecule has 2 aromatic carbocycles. The molecule has 2 heterocycles. The van der Waals surface area contributed by atoms with Gasteiger partial charge in [-0.15, -0.1) is 0 Å². The molecule has 0 aliphatic carbocycles. The Morgan fingerprint density at radius 3 is 2.24 bits per heavy atom. The molecule has 11 nitrogen and oxygen atoms in total. The third kappa shape index (κ3) is 3.69. The second-order valence-electron chi connectivity index (χ2n) is 6.84. The number of rotatable bonds is 7. The molecule has 2 aromatic heterocycles.